The van der Waals surface area contributed by atoms with Crippen molar-refractivity contribution in [1.29, 1.82) is 0 Å². The number of rotatable bonds is 2. The van der Waals surface area contributed by atoms with Gasteiger partial charge in [0, 0.05) is 5.92 Å². The molecule has 2 N–H and O–H groups in total. The predicted molar refractivity (Wildman–Crippen MR) is 68.9 cm³/mol. The van der Waals surface area contributed by atoms with Gasteiger partial charge in [-0.2, -0.15) is 4.98 Å². The molecule has 2 aliphatic rings. The van der Waals surface area contributed by atoms with Crippen LogP contribution in [0.15, 0.2) is 4.52 Å². The molecule has 0 saturated heterocycles. The second-order valence-electron chi connectivity index (χ2n) is 7.12. The quantitative estimate of drug-likeness (QED) is 0.875. The van der Waals surface area contributed by atoms with Crippen LogP contribution in [0.1, 0.15) is 70.1 Å². The molecule has 0 amide bonds. The van der Waals surface area contributed by atoms with Gasteiger partial charge in [-0.25, -0.2) is 0 Å². The van der Waals surface area contributed by atoms with Crippen molar-refractivity contribution in [2.24, 2.45) is 23.0 Å². The fourth-order valence-electron chi connectivity index (χ4n) is 3.46. The predicted octanol–water partition coefficient (Wildman–Crippen LogP) is 3.02. The van der Waals surface area contributed by atoms with E-state index in [-0.39, 0.29) is 11.5 Å². The first-order chi connectivity index (χ1) is 8.45. The number of hydrogen-bond donors (Lipinski definition) is 1. The lowest BCUT2D eigenvalue weighted by Gasteiger charge is -2.23. The third-order valence-electron chi connectivity index (χ3n) is 4.73. The van der Waals surface area contributed by atoms with Gasteiger partial charge < -0.3 is 10.3 Å². The average Bonchev–Trinajstić information content (AvgIpc) is 3.02. The van der Waals surface area contributed by atoms with Crippen LogP contribution in [0, 0.1) is 17.3 Å². The van der Waals surface area contributed by atoms with Gasteiger partial charge in [0.25, 0.3) is 0 Å². The van der Waals surface area contributed by atoms with E-state index in [0.717, 1.165) is 17.7 Å². The molecule has 4 nitrogen and oxygen atoms in total. The van der Waals surface area contributed by atoms with Crippen LogP contribution in [-0.4, -0.2) is 10.1 Å². The molecule has 18 heavy (non-hydrogen) atoms. The molecule has 3 rings (SSSR count). The van der Waals surface area contributed by atoms with Crippen LogP contribution < -0.4 is 5.73 Å². The Hall–Kier alpha value is -0.900. The monoisotopic (exact) mass is 249 g/mol. The van der Waals surface area contributed by atoms with Gasteiger partial charge in [-0.15, -0.1) is 0 Å². The van der Waals surface area contributed by atoms with E-state index in [1.807, 2.05) is 0 Å². The minimum atomic E-state index is -0.183. The zero-order chi connectivity index (χ0) is 12.9. The molecule has 0 aliphatic heterocycles. The van der Waals surface area contributed by atoms with Crippen molar-refractivity contribution in [2.75, 3.05) is 0 Å². The summed E-state index contributed by atoms with van der Waals surface area (Å²) in [5.41, 5.74) is 6.12. The highest BCUT2D eigenvalue weighted by molar-refractivity contribution is 5.08. The summed E-state index contributed by atoms with van der Waals surface area (Å²) < 4.78 is 5.39. The number of fused-ring (bicyclic) bond motifs is 2. The van der Waals surface area contributed by atoms with Gasteiger partial charge in [-0.3, -0.25) is 0 Å². The van der Waals surface area contributed by atoms with Crippen molar-refractivity contribution in [2.45, 2.75) is 58.4 Å². The normalized spacial score (nSPS) is 33.0. The summed E-state index contributed by atoms with van der Waals surface area (Å²) >= 11 is 0. The SMILES string of the molecule is CC(C)(C)[C@H](N)c1nc(C2CC3CCC2C3)no1. The first kappa shape index (κ1) is 12.2. The van der Waals surface area contributed by atoms with E-state index < -0.39 is 0 Å². The second kappa shape index (κ2) is 4.05. The van der Waals surface area contributed by atoms with E-state index in [1.54, 1.807) is 0 Å². The summed E-state index contributed by atoms with van der Waals surface area (Å²) in [6.07, 6.45) is 5.34. The van der Waals surface area contributed by atoms with Crippen molar-refractivity contribution in [3.8, 4) is 0 Å². The molecule has 0 aromatic carbocycles. The molecule has 2 fully saturated rings. The van der Waals surface area contributed by atoms with E-state index >= 15 is 0 Å². The van der Waals surface area contributed by atoms with Crippen LogP contribution in [0.4, 0.5) is 0 Å². The van der Waals surface area contributed by atoms with Crippen molar-refractivity contribution in [3.05, 3.63) is 11.7 Å². The fraction of sp³-hybridized carbons (Fsp3) is 0.857. The van der Waals surface area contributed by atoms with Gasteiger partial charge in [0.2, 0.25) is 5.89 Å². The highest BCUT2D eigenvalue weighted by atomic mass is 16.5. The summed E-state index contributed by atoms with van der Waals surface area (Å²) in [4.78, 5) is 4.57. The van der Waals surface area contributed by atoms with Gasteiger partial charge in [0.1, 0.15) is 0 Å². The van der Waals surface area contributed by atoms with E-state index in [1.165, 1.54) is 25.7 Å². The highest BCUT2D eigenvalue weighted by Gasteiger charge is 2.42. The molecule has 0 radical (unpaired) electrons. The average molecular weight is 249 g/mol. The number of nitrogens with zero attached hydrogens (tertiary/aromatic N) is 2. The van der Waals surface area contributed by atoms with E-state index in [4.69, 9.17) is 10.3 Å². The molecule has 3 unspecified atom stereocenters. The number of hydrogen-bond acceptors (Lipinski definition) is 4. The number of nitrogens with two attached hydrogens (primary N) is 1. The molecule has 2 saturated carbocycles. The zero-order valence-corrected chi connectivity index (χ0v) is 11.5. The molecule has 2 aliphatic carbocycles. The van der Waals surface area contributed by atoms with Gasteiger partial charge in [-0.05, 0) is 36.5 Å². The molecule has 4 atom stereocenters. The molecule has 1 heterocycles. The Morgan fingerprint density at radius 2 is 2.06 bits per heavy atom. The molecule has 1 aromatic rings. The van der Waals surface area contributed by atoms with Crippen LogP contribution in [0.25, 0.3) is 0 Å². The van der Waals surface area contributed by atoms with Crippen LogP contribution in [-0.2, 0) is 0 Å². The first-order valence-corrected chi connectivity index (χ1v) is 7.04. The van der Waals surface area contributed by atoms with Crippen LogP contribution in [0.5, 0.6) is 0 Å². The minimum absolute atomic E-state index is 0.0432. The second-order valence-corrected chi connectivity index (χ2v) is 7.12. The summed E-state index contributed by atoms with van der Waals surface area (Å²) in [6, 6.07) is -0.183. The summed E-state index contributed by atoms with van der Waals surface area (Å²) in [6.45, 7) is 6.29. The maximum absolute atomic E-state index is 6.16. The Labute approximate surface area is 108 Å². The largest absolute Gasteiger partial charge is 0.338 e. The van der Waals surface area contributed by atoms with Crippen molar-refractivity contribution >= 4 is 0 Å². The smallest absolute Gasteiger partial charge is 0.244 e. The Morgan fingerprint density at radius 3 is 2.61 bits per heavy atom. The Morgan fingerprint density at radius 1 is 1.28 bits per heavy atom. The Balaban J connectivity index is 1.78. The van der Waals surface area contributed by atoms with E-state index in [9.17, 15) is 0 Å². The van der Waals surface area contributed by atoms with Crippen LogP contribution in [0.3, 0.4) is 0 Å². The third kappa shape index (κ3) is 1.96. The zero-order valence-electron chi connectivity index (χ0n) is 11.5. The Bertz CT molecular complexity index is 434. The molecule has 100 valence electrons. The molecule has 2 bridgehead atoms. The van der Waals surface area contributed by atoms with Gasteiger partial charge in [-0.1, -0.05) is 32.3 Å². The molecular weight excluding hydrogens is 226 g/mol. The van der Waals surface area contributed by atoms with Crippen molar-refractivity contribution in [1.82, 2.24) is 10.1 Å². The molecule has 1 aromatic heterocycles. The lowest BCUT2D eigenvalue weighted by Crippen LogP contribution is -2.26. The van der Waals surface area contributed by atoms with Gasteiger partial charge in [0.05, 0.1) is 6.04 Å². The maximum atomic E-state index is 6.16. The molecular formula is C14H23N3O. The van der Waals surface area contributed by atoms with E-state index in [2.05, 4.69) is 30.9 Å². The fourth-order valence-corrected chi connectivity index (χ4v) is 3.46. The first-order valence-electron chi connectivity index (χ1n) is 7.04. The highest BCUT2D eigenvalue weighted by Crippen LogP contribution is 2.52. The molecule has 4 heteroatoms. The topological polar surface area (TPSA) is 64.9 Å². The standard InChI is InChI=1S/C14H23N3O/c1-14(2,3)11(15)13-16-12(17-18-13)10-7-8-4-5-9(10)6-8/h8-11H,4-7,15H2,1-3H3/t8?,9?,10?,11-/m1/s1. The summed E-state index contributed by atoms with van der Waals surface area (Å²) in [5, 5.41) is 4.19. The maximum Gasteiger partial charge on any atom is 0.244 e. The molecule has 0 spiro atoms. The lowest BCUT2D eigenvalue weighted by molar-refractivity contribution is 0.251. The van der Waals surface area contributed by atoms with Gasteiger partial charge in [0.15, 0.2) is 5.82 Å². The van der Waals surface area contributed by atoms with Crippen molar-refractivity contribution in [3.63, 3.8) is 0 Å². The third-order valence-corrected chi connectivity index (χ3v) is 4.73. The summed E-state index contributed by atoms with van der Waals surface area (Å²) in [7, 11) is 0. The minimum Gasteiger partial charge on any atom is -0.338 e. The van der Waals surface area contributed by atoms with Crippen LogP contribution in [0.2, 0.25) is 0 Å². The van der Waals surface area contributed by atoms with E-state index in [0.29, 0.717) is 11.8 Å². The van der Waals surface area contributed by atoms with Crippen LogP contribution >= 0.6 is 0 Å². The summed E-state index contributed by atoms with van der Waals surface area (Å²) in [5.74, 6) is 3.70. The van der Waals surface area contributed by atoms with Crippen molar-refractivity contribution < 1.29 is 4.52 Å². The van der Waals surface area contributed by atoms with Gasteiger partial charge >= 0.3 is 0 Å². The number of aromatic nitrogens is 2. The Kier molecular flexibility index (Phi) is 2.73. The lowest BCUT2D eigenvalue weighted by atomic mass is 9.87.